The van der Waals surface area contributed by atoms with E-state index in [1.54, 1.807) is 24.5 Å². The summed E-state index contributed by atoms with van der Waals surface area (Å²) in [5.74, 6) is 0. The smallest absolute Gasteiger partial charge is 0.385 e. The van der Waals surface area contributed by atoms with E-state index in [1.165, 1.54) is 23.1 Å². The normalized spacial score (nSPS) is 17.0. The molecule has 2 heterocycles. The monoisotopic (exact) mass is 365 g/mol. The van der Waals surface area contributed by atoms with Crippen LogP contribution in [0.2, 0.25) is 0 Å². The second-order valence-electron chi connectivity index (χ2n) is 6.23. The van der Waals surface area contributed by atoms with Crippen LogP contribution >= 0.6 is 0 Å². The molecule has 26 heavy (non-hydrogen) atoms. The SMILES string of the molecule is O=C(Nc1ccccc1C(F)(F)F)N1CCC(O)(c2cccnc2)CC1. The van der Waals surface area contributed by atoms with Crippen molar-refractivity contribution in [3.63, 3.8) is 0 Å². The highest BCUT2D eigenvalue weighted by atomic mass is 19.4. The fraction of sp³-hybridized carbons (Fsp3) is 0.333. The van der Waals surface area contributed by atoms with Crippen molar-refractivity contribution in [2.45, 2.75) is 24.6 Å². The Hall–Kier alpha value is -2.61. The third kappa shape index (κ3) is 3.80. The van der Waals surface area contributed by atoms with Gasteiger partial charge in [0.25, 0.3) is 0 Å². The first kappa shape index (κ1) is 18.2. The Morgan fingerprint density at radius 3 is 2.46 bits per heavy atom. The van der Waals surface area contributed by atoms with Gasteiger partial charge in [-0.15, -0.1) is 0 Å². The maximum atomic E-state index is 13.0. The summed E-state index contributed by atoms with van der Waals surface area (Å²) in [5.41, 5.74) is -1.59. The molecular formula is C18H18F3N3O2. The van der Waals surface area contributed by atoms with Crippen molar-refractivity contribution >= 4 is 11.7 Å². The lowest BCUT2D eigenvalue weighted by Crippen LogP contribution is -2.46. The van der Waals surface area contributed by atoms with Gasteiger partial charge < -0.3 is 15.3 Å². The molecule has 2 N–H and O–H groups in total. The van der Waals surface area contributed by atoms with E-state index in [-0.39, 0.29) is 31.6 Å². The van der Waals surface area contributed by atoms with Crippen LogP contribution in [0.4, 0.5) is 23.7 Å². The lowest BCUT2D eigenvalue weighted by molar-refractivity contribution is -0.136. The molecule has 0 unspecified atom stereocenters. The molecule has 1 aliphatic rings. The molecule has 0 saturated carbocycles. The van der Waals surface area contributed by atoms with Gasteiger partial charge in [-0.3, -0.25) is 4.98 Å². The third-order valence-corrected chi connectivity index (χ3v) is 4.55. The summed E-state index contributed by atoms with van der Waals surface area (Å²) in [6, 6.07) is 7.72. The number of alkyl halides is 3. The van der Waals surface area contributed by atoms with Gasteiger partial charge in [-0.05, 0) is 31.0 Å². The van der Waals surface area contributed by atoms with Gasteiger partial charge in [0.1, 0.15) is 0 Å². The van der Waals surface area contributed by atoms with Gasteiger partial charge >= 0.3 is 12.2 Å². The average Bonchev–Trinajstić information content (AvgIpc) is 2.62. The van der Waals surface area contributed by atoms with E-state index in [0.29, 0.717) is 5.56 Å². The van der Waals surface area contributed by atoms with Gasteiger partial charge in [0.2, 0.25) is 0 Å². The Kier molecular flexibility index (Phi) is 4.86. The second kappa shape index (κ2) is 6.95. The number of hydrogen-bond acceptors (Lipinski definition) is 3. The number of para-hydroxylation sites is 1. The van der Waals surface area contributed by atoms with E-state index in [4.69, 9.17) is 0 Å². The second-order valence-corrected chi connectivity index (χ2v) is 6.23. The maximum Gasteiger partial charge on any atom is 0.418 e. The van der Waals surface area contributed by atoms with Crippen LogP contribution in [0.15, 0.2) is 48.8 Å². The summed E-state index contributed by atoms with van der Waals surface area (Å²) in [6.45, 7) is 0.455. The number of nitrogens with zero attached hydrogens (tertiary/aromatic N) is 2. The van der Waals surface area contributed by atoms with Crippen LogP contribution in [-0.2, 0) is 11.8 Å². The van der Waals surface area contributed by atoms with Gasteiger partial charge in [0.05, 0.1) is 16.9 Å². The number of carbonyl (C=O) groups is 1. The number of benzene rings is 1. The summed E-state index contributed by atoms with van der Waals surface area (Å²) in [7, 11) is 0. The standard InChI is InChI=1S/C18H18F3N3O2/c19-18(20,21)14-5-1-2-6-15(14)23-16(25)24-10-7-17(26,8-11-24)13-4-3-9-22-12-13/h1-6,9,12,26H,7-8,10-11H2,(H,23,25). The molecule has 1 saturated heterocycles. The molecule has 1 aromatic carbocycles. The van der Waals surface area contributed by atoms with Gasteiger partial charge in [0, 0.05) is 31.0 Å². The topological polar surface area (TPSA) is 65.5 Å². The number of halogens is 3. The third-order valence-electron chi connectivity index (χ3n) is 4.55. The highest BCUT2D eigenvalue weighted by Gasteiger charge is 2.37. The lowest BCUT2D eigenvalue weighted by atomic mass is 9.85. The minimum Gasteiger partial charge on any atom is -0.385 e. The fourth-order valence-electron chi connectivity index (χ4n) is 3.04. The first-order valence-corrected chi connectivity index (χ1v) is 8.15. The Balaban J connectivity index is 1.67. The van der Waals surface area contributed by atoms with Crippen molar-refractivity contribution in [2.24, 2.45) is 0 Å². The van der Waals surface area contributed by atoms with Crippen LogP contribution in [0, 0.1) is 0 Å². The number of nitrogens with one attached hydrogen (secondary N) is 1. The van der Waals surface area contributed by atoms with Crippen LogP contribution in [0.1, 0.15) is 24.0 Å². The van der Waals surface area contributed by atoms with Crippen LogP contribution in [0.25, 0.3) is 0 Å². The van der Waals surface area contributed by atoms with Crippen molar-refractivity contribution in [3.8, 4) is 0 Å². The highest BCUT2D eigenvalue weighted by molar-refractivity contribution is 5.90. The molecule has 2 amide bonds. The number of pyridine rings is 1. The number of piperidine rings is 1. The molecule has 1 aromatic heterocycles. The van der Waals surface area contributed by atoms with E-state index >= 15 is 0 Å². The zero-order chi connectivity index (χ0) is 18.8. The van der Waals surface area contributed by atoms with Crippen molar-refractivity contribution < 1.29 is 23.1 Å². The molecule has 1 aliphatic heterocycles. The molecule has 0 radical (unpaired) electrons. The molecule has 1 fully saturated rings. The molecule has 2 aromatic rings. The largest absolute Gasteiger partial charge is 0.418 e. The van der Waals surface area contributed by atoms with E-state index < -0.39 is 23.4 Å². The Labute approximate surface area is 148 Å². The number of likely N-dealkylation sites (tertiary alicyclic amines) is 1. The van der Waals surface area contributed by atoms with Crippen molar-refractivity contribution in [2.75, 3.05) is 18.4 Å². The maximum absolute atomic E-state index is 13.0. The van der Waals surface area contributed by atoms with Crippen LogP contribution in [-0.4, -0.2) is 34.1 Å². The molecule has 8 heteroatoms. The summed E-state index contributed by atoms with van der Waals surface area (Å²) in [6.07, 6.45) is -0.796. The minimum absolute atomic E-state index is 0.228. The first-order valence-electron chi connectivity index (χ1n) is 8.15. The molecule has 138 valence electrons. The fourth-order valence-corrected chi connectivity index (χ4v) is 3.04. The molecule has 0 bridgehead atoms. The molecule has 5 nitrogen and oxygen atoms in total. The number of aliphatic hydroxyl groups is 1. The Bertz CT molecular complexity index is 773. The van der Waals surface area contributed by atoms with Crippen molar-refractivity contribution in [3.05, 3.63) is 59.9 Å². The number of carbonyl (C=O) groups excluding carboxylic acids is 1. The number of anilines is 1. The number of rotatable bonds is 2. The Morgan fingerprint density at radius 1 is 1.15 bits per heavy atom. The van der Waals surface area contributed by atoms with E-state index in [0.717, 1.165) is 6.07 Å². The van der Waals surface area contributed by atoms with Crippen LogP contribution in [0.3, 0.4) is 0 Å². The van der Waals surface area contributed by atoms with Crippen molar-refractivity contribution in [1.82, 2.24) is 9.88 Å². The predicted molar refractivity (Wildman–Crippen MR) is 89.4 cm³/mol. The first-order chi connectivity index (χ1) is 12.3. The Morgan fingerprint density at radius 2 is 1.85 bits per heavy atom. The summed E-state index contributed by atoms with van der Waals surface area (Å²) < 4.78 is 39.1. The zero-order valence-electron chi connectivity index (χ0n) is 13.8. The molecule has 3 rings (SSSR count). The van der Waals surface area contributed by atoms with Crippen LogP contribution < -0.4 is 5.32 Å². The molecule has 0 spiro atoms. The molecule has 0 aliphatic carbocycles. The molecular weight excluding hydrogens is 347 g/mol. The average molecular weight is 365 g/mol. The quantitative estimate of drug-likeness (QED) is 0.854. The van der Waals surface area contributed by atoms with Gasteiger partial charge in [-0.25, -0.2) is 4.79 Å². The summed E-state index contributed by atoms with van der Waals surface area (Å²) in [4.78, 5) is 17.7. The van der Waals surface area contributed by atoms with E-state index in [1.807, 2.05) is 0 Å². The lowest BCUT2D eigenvalue weighted by Gasteiger charge is -2.38. The summed E-state index contributed by atoms with van der Waals surface area (Å²) >= 11 is 0. The number of amides is 2. The van der Waals surface area contributed by atoms with Crippen LogP contribution in [0.5, 0.6) is 0 Å². The minimum atomic E-state index is -4.55. The molecule has 0 atom stereocenters. The number of urea groups is 1. The van der Waals surface area contributed by atoms with Gasteiger partial charge in [-0.2, -0.15) is 13.2 Å². The van der Waals surface area contributed by atoms with E-state index in [2.05, 4.69) is 10.3 Å². The highest BCUT2D eigenvalue weighted by Crippen LogP contribution is 2.35. The van der Waals surface area contributed by atoms with Gasteiger partial charge in [-0.1, -0.05) is 18.2 Å². The van der Waals surface area contributed by atoms with Crippen molar-refractivity contribution in [1.29, 1.82) is 0 Å². The number of aromatic nitrogens is 1. The zero-order valence-corrected chi connectivity index (χ0v) is 13.8. The predicted octanol–water partition coefficient (Wildman–Crippen LogP) is 3.62. The number of hydrogen-bond donors (Lipinski definition) is 2. The van der Waals surface area contributed by atoms with E-state index in [9.17, 15) is 23.1 Å². The van der Waals surface area contributed by atoms with Gasteiger partial charge in [0.15, 0.2) is 0 Å². The summed E-state index contributed by atoms with van der Waals surface area (Å²) in [5, 5.41) is 13.1.